The molecule has 0 saturated carbocycles. The van der Waals surface area contributed by atoms with Crippen molar-refractivity contribution in [2.75, 3.05) is 18.5 Å². The summed E-state index contributed by atoms with van der Waals surface area (Å²) in [6, 6.07) is 8.32. The highest BCUT2D eigenvalue weighted by molar-refractivity contribution is 5.47. The van der Waals surface area contributed by atoms with E-state index >= 15 is 0 Å². The molecule has 0 bridgehead atoms. The predicted octanol–water partition coefficient (Wildman–Crippen LogP) is 3.21. The van der Waals surface area contributed by atoms with Crippen LogP contribution in [-0.2, 0) is 0 Å². The Hall–Kier alpha value is -1.48. The van der Waals surface area contributed by atoms with Gasteiger partial charge in [0.15, 0.2) is 0 Å². The third-order valence-electron chi connectivity index (χ3n) is 2.80. The number of anilines is 1. The zero-order valence-corrected chi connectivity index (χ0v) is 11.1. The van der Waals surface area contributed by atoms with Crippen LogP contribution in [0.25, 0.3) is 0 Å². The molecule has 0 heterocycles. The lowest BCUT2D eigenvalue weighted by atomic mass is 10.1. The minimum absolute atomic E-state index is 0.0411. The third kappa shape index (κ3) is 5.23. The fourth-order valence-corrected chi connectivity index (χ4v) is 1.74. The molecule has 2 N–H and O–H groups in total. The molecule has 1 aromatic carbocycles. The van der Waals surface area contributed by atoms with Gasteiger partial charge in [0.05, 0.1) is 6.61 Å². The summed E-state index contributed by atoms with van der Waals surface area (Å²) in [7, 11) is 0. The molecule has 0 saturated heterocycles. The highest BCUT2D eigenvalue weighted by Crippen LogP contribution is 2.18. The van der Waals surface area contributed by atoms with E-state index in [4.69, 9.17) is 9.84 Å². The standard InChI is InChI=1S/C15H23NO2/c1-3-5-6-13(4-2)16-14-7-9-15(10-8-14)18-12-11-17/h3,7-10,13,16-17H,1,4-6,11-12H2,2H3. The van der Waals surface area contributed by atoms with Crippen molar-refractivity contribution in [1.29, 1.82) is 0 Å². The van der Waals surface area contributed by atoms with Gasteiger partial charge in [-0.05, 0) is 43.5 Å². The third-order valence-corrected chi connectivity index (χ3v) is 2.80. The van der Waals surface area contributed by atoms with Crippen LogP contribution in [0.15, 0.2) is 36.9 Å². The summed E-state index contributed by atoms with van der Waals surface area (Å²) in [5.41, 5.74) is 1.10. The molecular formula is C15H23NO2. The molecule has 3 nitrogen and oxygen atoms in total. The molecule has 0 radical (unpaired) electrons. The second-order valence-electron chi connectivity index (χ2n) is 4.21. The second kappa shape index (κ2) is 8.59. The van der Waals surface area contributed by atoms with Crippen molar-refractivity contribution >= 4 is 5.69 Å². The van der Waals surface area contributed by atoms with Gasteiger partial charge in [-0.1, -0.05) is 13.0 Å². The highest BCUT2D eigenvalue weighted by Gasteiger charge is 2.04. The zero-order chi connectivity index (χ0) is 13.2. The number of hydrogen-bond donors (Lipinski definition) is 2. The number of benzene rings is 1. The molecule has 18 heavy (non-hydrogen) atoms. The van der Waals surface area contributed by atoms with Crippen molar-refractivity contribution in [2.24, 2.45) is 0 Å². The van der Waals surface area contributed by atoms with E-state index in [1.165, 1.54) is 0 Å². The Morgan fingerprint density at radius 1 is 1.39 bits per heavy atom. The van der Waals surface area contributed by atoms with Crippen LogP contribution >= 0.6 is 0 Å². The minimum Gasteiger partial charge on any atom is -0.491 e. The SMILES string of the molecule is C=CCCC(CC)Nc1ccc(OCCO)cc1. The van der Waals surface area contributed by atoms with E-state index in [-0.39, 0.29) is 6.61 Å². The van der Waals surface area contributed by atoms with Gasteiger partial charge in [-0.3, -0.25) is 0 Å². The highest BCUT2D eigenvalue weighted by atomic mass is 16.5. The first kappa shape index (κ1) is 14.6. The topological polar surface area (TPSA) is 41.5 Å². The maximum absolute atomic E-state index is 8.67. The number of allylic oxidation sites excluding steroid dienone is 1. The molecule has 1 unspecified atom stereocenters. The maximum Gasteiger partial charge on any atom is 0.119 e. The van der Waals surface area contributed by atoms with Crippen LogP contribution in [0.4, 0.5) is 5.69 Å². The Balaban J connectivity index is 2.48. The first-order chi connectivity index (χ1) is 8.80. The first-order valence-corrected chi connectivity index (χ1v) is 6.51. The Kier molecular flexibility index (Phi) is 6.96. The van der Waals surface area contributed by atoms with Crippen molar-refractivity contribution in [3.8, 4) is 5.75 Å². The van der Waals surface area contributed by atoms with Gasteiger partial charge in [-0.2, -0.15) is 0 Å². The van der Waals surface area contributed by atoms with E-state index in [1.807, 2.05) is 30.3 Å². The summed E-state index contributed by atoms with van der Waals surface area (Å²) < 4.78 is 5.32. The Bertz CT molecular complexity index is 335. The summed E-state index contributed by atoms with van der Waals surface area (Å²) in [5, 5.41) is 12.2. The van der Waals surface area contributed by atoms with Gasteiger partial charge in [0.1, 0.15) is 12.4 Å². The van der Waals surface area contributed by atoms with Crippen molar-refractivity contribution in [3.05, 3.63) is 36.9 Å². The average molecular weight is 249 g/mol. The Morgan fingerprint density at radius 3 is 2.67 bits per heavy atom. The second-order valence-corrected chi connectivity index (χ2v) is 4.21. The molecule has 0 amide bonds. The molecule has 100 valence electrons. The van der Waals surface area contributed by atoms with E-state index in [2.05, 4.69) is 18.8 Å². The van der Waals surface area contributed by atoms with Crippen LogP contribution in [-0.4, -0.2) is 24.4 Å². The van der Waals surface area contributed by atoms with Gasteiger partial charge < -0.3 is 15.2 Å². The largest absolute Gasteiger partial charge is 0.491 e. The van der Waals surface area contributed by atoms with Gasteiger partial charge in [-0.25, -0.2) is 0 Å². The Labute approximate surface area is 109 Å². The lowest BCUT2D eigenvalue weighted by molar-refractivity contribution is 0.201. The molecule has 1 rings (SSSR count). The molecule has 1 aromatic rings. The number of rotatable bonds is 9. The van der Waals surface area contributed by atoms with E-state index in [9.17, 15) is 0 Å². The van der Waals surface area contributed by atoms with E-state index in [1.54, 1.807) is 0 Å². The normalized spacial score (nSPS) is 11.9. The summed E-state index contributed by atoms with van der Waals surface area (Å²) in [5.74, 6) is 0.786. The average Bonchev–Trinajstić information content (AvgIpc) is 2.42. The molecule has 0 aliphatic rings. The van der Waals surface area contributed by atoms with E-state index < -0.39 is 0 Å². The number of ether oxygens (including phenoxy) is 1. The quantitative estimate of drug-likeness (QED) is 0.660. The van der Waals surface area contributed by atoms with Crippen LogP contribution in [0, 0.1) is 0 Å². The maximum atomic E-state index is 8.67. The molecule has 0 aromatic heterocycles. The number of hydrogen-bond acceptors (Lipinski definition) is 3. The molecule has 3 heteroatoms. The van der Waals surface area contributed by atoms with Gasteiger partial charge in [0.2, 0.25) is 0 Å². The molecule has 0 aliphatic heterocycles. The van der Waals surface area contributed by atoms with Crippen LogP contribution in [0.5, 0.6) is 5.75 Å². The first-order valence-electron chi connectivity index (χ1n) is 6.51. The molecule has 0 aliphatic carbocycles. The van der Waals surface area contributed by atoms with Crippen molar-refractivity contribution in [1.82, 2.24) is 0 Å². The Morgan fingerprint density at radius 2 is 2.11 bits per heavy atom. The molecule has 1 atom stereocenters. The van der Waals surface area contributed by atoms with Gasteiger partial charge >= 0.3 is 0 Å². The van der Waals surface area contributed by atoms with E-state index in [0.29, 0.717) is 12.6 Å². The number of aliphatic hydroxyl groups excluding tert-OH is 1. The predicted molar refractivity (Wildman–Crippen MR) is 76.2 cm³/mol. The summed E-state index contributed by atoms with van der Waals surface area (Å²) >= 11 is 0. The monoisotopic (exact) mass is 249 g/mol. The minimum atomic E-state index is 0.0411. The number of aliphatic hydroxyl groups is 1. The molecule has 0 spiro atoms. The van der Waals surface area contributed by atoms with Crippen LogP contribution in [0.2, 0.25) is 0 Å². The summed E-state index contributed by atoms with van der Waals surface area (Å²) in [6.07, 6.45) is 5.18. The van der Waals surface area contributed by atoms with Crippen molar-refractivity contribution in [3.63, 3.8) is 0 Å². The smallest absolute Gasteiger partial charge is 0.119 e. The van der Waals surface area contributed by atoms with Crippen molar-refractivity contribution < 1.29 is 9.84 Å². The van der Waals surface area contributed by atoms with Gasteiger partial charge in [0.25, 0.3) is 0 Å². The molecule has 0 fully saturated rings. The van der Waals surface area contributed by atoms with Gasteiger partial charge in [-0.15, -0.1) is 6.58 Å². The summed E-state index contributed by atoms with van der Waals surface area (Å²) in [4.78, 5) is 0. The zero-order valence-electron chi connectivity index (χ0n) is 11.1. The lowest BCUT2D eigenvalue weighted by Gasteiger charge is -2.17. The van der Waals surface area contributed by atoms with Crippen LogP contribution in [0.1, 0.15) is 26.2 Å². The summed E-state index contributed by atoms with van der Waals surface area (Å²) in [6.45, 7) is 6.31. The fourth-order valence-electron chi connectivity index (χ4n) is 1.74. The fraction of sp³-hybridized carbons (Fsp3) is 0.467. The van der Waals surface area contributed by atoms with Crippen molar-refractivity contribution in [2.45, 2.75) is 32.2 Å². The molecular weight excluding hydrogens is 226 g/mol. The van der Waals surface area contributed by atoms with Gasteiger partial charge in [0, 0.05) is 11.7 Å². The van der Waals surface area contributed by atoms with Crippen LogP contribution < -0.4 is 10.1 Å². The number of nitrogens with one attached hydrogen (secondary N) is 1. The lowest BCUT2D eigenvalue weighted by Crippen LogP contribution is -2.17. The van der Waals surface area contributed by atoms with Crippen LogP contribution in [0.3, 0.4) is 0 Å². The van der Waals surface area contributed by atoms with E-state index in [0.717, 1.165) is 30.7 Å².